The summed E-state index contributed by atoms with van der Waals surface area (Å²) in [5.74, 6) is -0.948. The van der Waals surface area contributed by atoms with Gasteiger partial charge in [0.15, 0.2) is 0 Å². The minimum Gasteiger partial charge on any atom is -0.478 e. The lowest BCUT2D eigenvalue weighted by molar-refractivity contribution is 0.0700. The van der Waals surface area contributed by atoms with Gasteiger partial charge >= 0.3 is 5.97 Å². The highest BCUT2D eigenvalue weighted by Crippen LogP contribution is 2.35. The summed E-state index contributed by atoms with van der Waals surface area (Å²) < 4.78 is 4.44. The number of hydrogen-bond acceptors (Lipinski definition) is 2. The Balaban J connectivity index is 1.56. The van der Waals surface area contributed by atoms with E-state index in [0.29, 0.717) is 17.7 Å². The molecule has 6 aromatic rings. The van der Waals surface area contributed by atoms with Crippen LogP contribution in [0.3, 0.4) is 0 Å². The summed E-state index contributed by atoms with van der Waals surface area (Å²) >= 11 is 0. The number of allylic oxidation sites excluding steroid dienone is 2. The smallest absolute Gasteiger partial charge is 0.337 e. The predicted molar refractivity (Wildman–Crippen MR) is 159 cm³/mol. The quantitative estimate of drug-likeness (QED) is 0.220. The maximum Gasteiger partial charge on any atom is 0.337 e. The Morgan fingerprint density at radius 2 is 1.79 bits per heavy atom. The Morgan fingerprint density at radius 1 is 0.974 bits per heavy atom. The van der Waals surface area contributed by atoms with Crippen molar-refractivity contribution in [1.29, 1.82) is 0 Å². The molecule has 0 saturated carbocycles. The monoisotopic (exact) mass is 513 g/mol. The van der Waals surface area contributed by atoms with Crippen LogP contribution in [0.15, 0.2) is 96.8 Å². The zero-order chi connectivity index (χ0) is 27.1. The second-order valence-electron chi connectivity index (χ2n) is 10.4. The van der Waals surface area contributed by atoms with E-state index in [1.807, 2.05) is 60.8 Å². The summed E-state index contributed by atoms with van der Waals surface area (Å²) in [6, 6.07) is 23.9. The second-order valence-corrected chi connectivity index (χ2v) is 10.4. The van der Waals surface area contributed by atoms with Crippen molar-refractivity contribution >= 4 is 33.3 Å². The van der Waals surface area contributed by atoms with Gasteiger partial charge in [-0.05, 0) is 67.3 Å². The number of fused-ring (bicyclic) bond motifs is 3. The number of hydrogen-bond donors (Lipinski definition) is 1. The van der Waals surface area contributed by atoms with Crippen molar-refractivity contribution in [2.45, 2.75) is 40.2 Å². The molecule has 3 aromatic heterocycles. The lowest BCUT2D eigenvalue weighted by Crippen LogP contribution is -2.03. The summed E-state index contributed by atoms with van der Waals surface area (Å²) in [6.07, 6.45) is 8.16. The molecule has 0 radical (unpaired) electrons. The SMILES string of the molecule is CC(C)=CCCn1cc(Cc2c(-c3ccc4ccccc4c3C(=O)O)nc3ccccn23)c2c(C)cccc21. The zero-order valence-corrected chi connectivity index (χ0v) is 22.5. The molecule has 0 fully saturated rings. The van der Waals surface area contributed by atoms with Gasteiger partial charge in [0.25, 0.3) is 0 Å². The van der Waals surface area contributed by atoms with E-state index in [0.717, 1.165) is 35.1 Å². The highest BCUT2D eigenvalue weighted by Gasteiger charge is 2.23. The minimum atomic E-state index is -0.948. The van der Waals surface area contributed by atoms with E-state index >= 15 is 0 Å². The largest absolute Gasteiger partial charge is 0.478 e. The highest BCUT2D eigenvalue weighted by atomic mass is 16.4. The number of aromatic carboxylic acids is 1. The highest BCUT2D eigenvalue weighted by molar-refractivity contribution is 6.09. The Hall–Kier alpha value is -4.64. The van der Waals surface area contributed by atoms with Gasteiger partial charge in [-0.15, -0.1) is 0 Å². The molecule has 0 spiro atoms. The predicted octanol–water partition coefficient (Wildman–Crippen LogP) is 8.06. The van der Waals surface area contributed by atoms with E-state index in [1.165, 1.54) is 27.6 Å². The van der Waals surface area contributed by atoms with Crippen molar-refractivity contribution < 1.29 is 9.90 Å². The van der Waals surface area contributed by atoms with Crippen LogP contribution >= 0.6 is 0 Å². The number of carbonyl (C=O) groups is 1. The standard InChI is InChI=1S/C34H31N3O2/c1-22(2)10-9-18-36-21-25(31-23(3)11-8-14-28(31)36)20-29-33(35-30-15-6-7-19-37(29)30)27-17-16-24-12-4-5-13-26(24)32(27)34(38)39/h4-8,10-17,19,21H,9,18,20H2,1-3H3,(H,38,39). The number of rotatable bonds is 7. The molecular formula is C34H31N3O2. The Labute approximate surface area is 227 Å². The number of aromatic nitrogens is 3. The molecule has 3 heterocycles. The zero-order valence-electron chi connectivity index (χ0n) is 22.5. The molecule has 0 atom stereocenters. The number of carboxylic acid groups (broad SMARTS) is 1. The van der Waals surface area contributed by atoms with Crippen molar-refractivity contribution in [2.24, 2.45) is 0 Å². The maximum atomic E-state index is 12.6. The van der Waals surface area contributed by atoms with E-state index in [2.05, 4.69) is 60.2 Å². The topological polar surface area (TPSA) is 59.5 Å². The van der Waals surface area contributed by atoms with Crippen LogP contribution in [0.4, 0.5) is 0 Å². The summed E-state index contributed by atoms with van der Waals surface area (Å²) in [5, 5.41) is 13.2. The Morgan fingerprint density at radius 3 is 2.62 bits per heavy atom. The van der Waals surface area contributed by atoms with Gasteiger partial charge in [-0.1, -0.05) is 66.2 Å². The molecule has 5 heteroatoms. The molecule has 0 aliphatic rings. The summed E-state index contributed by atoms with van der Waals surface area (Å²) in [5.41, 5.74) is 8.42. The fraction of sp³-hybridized carbons (Fsp3) is 0.176. The Bertz CT molecular complexity index is 1900. The number of benzene rings is 3. The molecule has 5 nitrogen and oxygen atoms in total. The summed E-state index contributed by atoms with van der Waals surface area (Å²) in [6.45, 7) is 7.33. The number of carboxylic acids is 1. The van der Waals surface area contributed by atoms with Gasteiger partial charge < -0.3 is 14.1 Å². The van der Waals surface area contributed by atoms with E-state index in [4.69, 9.17) is 4.98 Å². The second kappa shape index (κ2) is 9.91. The van der Waals surface area contributed by atoms with Crippen LogP contribution < -0.4 is 0 Å². The van der Waals surface area contributed by atoms with Gasteiger partial charge in [0, 0.05) is 41.8 Å². The Kier molecular flexibility index (Phi) is 6.27. The van der Waals surface area contributed by atoms with Crippen LogP contribution in [0.5, 0.6) is 0 Å². The van der Waals surface area contributed by atoms with E-state index in [-0.39, 0.29) is 5.56 Å². The van der Waals surface area contributed by atoms with Crippen molar-refractivity contribution in [3.8, 4) is 11.3 Å². The van der Waals surface area contributed by atoms with Gasteiger partial charge in [-0.2, -0.15) is 0 Å². The van der Waals surface area contributed by atoms with Crippen LogP contribution in [0, 0.1) is 6.92 Å². The third kappa shape index (κ3) is 4.40. The van der Waals surface area contributed by atoms with E-state index in [1.54, 1.807) is 0 Å². The van der Waals surface area contributed by atoms with Crippen molar-refractivity contribution in [3.05, 3.63) is 119 Å². The van der Waals surface area contributed by atoms with Crippen LogP contribution in [0.1, 0.15) is 47.4 Å². The molecule has 3 aromatic carbocycles. The van der Waals surface area contributed by atoms with Crippen LogP contribution in [0.25, 0.3) is 38.6 Å². The third-order valence-electron chi connectivity index (χ3n) is 7.50. The van der Waals surface area contributed by atoms with Gasteiger partial charge in [0.2, 0.25) is 0 Å². The molecule has 0 aliphatic heterocycles. The van der Waals surface area contributed by atoms with Crippen LogP contribution in [0.2, 0.25) is 0 Å². The van der Waals surface area contributed by atoms with E-state index in [9.17, 15) is 9.90 Å². The van der Waals surface area contributed by atoms with Gasteiger partial charge in [-0.3, -0.25) is 0 Å². The van der Waals surface area contributed by atoms with Gasteiger partial charge in [-0.25, -0.2) is 9.78 Å². The molecule has 0 saturated heterocycles. The number of imidazole rings is 1. The molecule has 194 valence electrons. The van der Waals surface area contributed by atoms with Crippen molar-refractivity contribution in [2.75, 3.05) is 0 Å². The van der Waals surface area contributed by atoms with Crippen LogP contribution in [-0.4, -0.2) is 25.0 Å². The van der Waals surface area contributed by atoms with Gasteiger partial charge in [0.05, 0.1) is 17.0 Å². The molecule has 39 heavy (non-hydrogen) atoms. The first kappa shape index (κ1) is 24.7. The summed E-state index contributed by atoms with van der Waals surface area (Å²) in [4.78, 5) is 17.6. The number of nitrogens with zero attached hydrogens (tertiary/aromatic N) is 3. The lowest BCUT2D eigenvalue weighted by atomic mass is 9.94. The minimum absolute atomic E-state index is 0.290. The average Bonchev–Trinajstić information content (AvgIpc) is 3.47. The number of pyridine rings is 1. The fourth-order valence-electron chi connectivity index (χ4n) is 5.75. The molecule has 6 rings (SSSR count). The van der Waals surface area contributed by atoms with Crippen molar-refractivity contribution in [1.82, 2.24) is 14.0 Å². The normalized spacial score (nSPS) is 11.5. The molecule has 0 bridgehead atoms. The number of aryl methyl sites for hydroxylation is 2. The van der Waals surface area contributed by atoms with Crippen LogP contribution in [-0.2, 0) is 13.0 Å². The summed E-state index contributed by atoms with van der Waals surface area (Å²) in [7, 11) is 0. The average molecular weight is 514 g/mol. The first-order valence-corrected chi connectivity index (χ1v) is 13.3. The molecule has 0 amide bonds. The molecule has 0 aliphatic carbocycles. The first-order chi connectivity index (χ1) is 18.9. The third-order valence-corrected chi connectivity index (χ3v) is 7.50. The maximum absolute atomic E-state index is 12.6. The first-order valence-electron chi connectivity index (χ1n) is 13.3. The van der Waals surface area contributed by atoms with Gasteiger partial charge in [0.1, 0.15) is 5.65 Å². The fourth-order valence-corrected chi connectivity index (χ4v) is 5.75. The van der Waals surface area contributed by atoms with E-state index < -0.39 is 5.97 Å². The lowest BCUT2D eigenvalue weighted by Gasteiger charge is -2.11. The molecule has 0 unspecified atom stereocenters. The van der Waals surface area contributed by atoms with Crippen molar-refractivity contribution in [3.63, 3.8) is 0 Å². The molecular weight excluding hydrogens is 482 g/mol. The molecule has 1 N–H and O–H groups in total.